The molecule has 0 aromatic heterocycles. The predicted octanol–water partition coefficient (Wildman–Crippen LogP) is 1.89. The lowest BCUT2D eigenvalue weighted by Crippen LogP contribution is -2.39. The molecule has 110 valence electrons. The molecule has 0 aliphatic rings. The maximum Gasteiger partial charge on any atom is 0.257 e. The first-order valence-electron chi connectivity index (χ1n) is 6.32. The first-order chi connectivity index (χ1) is 9.31. The van der Waals surface area contributed by atoms with Crippen LogP contribution in [0.1, 0.15) is 24.2 Å². The van der Waals surface area contributed by atoms with Gasteiger partial charge in [0, 0.05) is 18.6 Å². The average molecular weight is 299 g/mol. The van der Waals surface area contributed by atoms with E-state index in [4.69, 9.17) is 11.6 Å². The molecule has 1 rings (SSSR count). The number of benzene rings is 1. The second-order valence-electron chi connectivity index (χ2n) is 5.02. The molecular formula is C14H19ClN2O3. The second-order valence-corrected chi connectivity index (χ2v) is 5.46. The summed E-state index contributed by atoms with van der Waals surface area (Å²) in [6, 6.07) is 4.22. The van der Waals surface area contributed by atoms with Gasteiger partial charge in [-0.05, 0) is 24.1 Å². The molecule has 20 heavy (non-hydrogen) atoms. The van der Waals surface area contributed by atoms with Crippen LogP contribution >= 0.6 is 11.6 Å². The van der Waals surface area contributed by atoms with Crippen LogP contribution in [0.5, 0.6) is 5.75 Å². The highest BCUT2D eigenvalue weighted by Gasteiger charge is 2.18. The molecule has 5 nitrogen and oxygen atoms in total. The maximum absolute atomic E-state index is 12.1. The molecule has 0 fully saturated rings. The Bertz CT molecular complexity index is 503. The molecule has 0 spiro atoms. The molecule has 0 saturated carbocycles. The Morgan fingerprint density at radius 2 is 2.05 bits per heavy atom. The third-order valence-electron chi connectivity index (χ3n) is 2.62. The number of phenols is 1. The Labute approximate surface area is 123 Å². The summed E-state index contributed by atoms with van der Waals surface area (Å²) in [6.45, 7) is 4.46. The summed E-state index contributed by atoms with van der Waals surface area (Å²) < 4.78 is 0. The first-order valence-corrected chi connectivity index (χ1v) is 6.69. The Hall–Kier alpha value is -1.75. The van der Waals surface area contributed by atoms with E-state index < -0.39 is 5.91 Å². The van der Waals surface area contributed by atoms with Crippen molar-refractivity contribution >= 4 is 23.4 Å². The van der Waals surface area contributed by atoms with Gasteiger partial charge < -0.3 is 15.3 Å². The molecule has 2 N–H and O–H groups in total. The molecule has 0 radical (unpaired) electrons. The predicted molar refractivity (Wildman–Crippen MR) is 77.9 cm³/mol. The van der Waals surface area contributed by atoms with E-state index in [1.165, 1.54) is 30.1 Å². The topological polar surface area (TPSA) is 69.6 Å². The molecule has 0 heterocycles. The number of rotatable bonds is 5. The molecule has 6 heteroatoms. The molecule has 0 atom stereocenters. The summed E-state index contributed by atoms with van der Waals surface area (Å²) in [5.74, 6) is -0.508. The molecule has 2 amide bonds. The van der Waals surface area contributed by atoms with Gasteiger partial charge in [0.2, 0.25) is 5.91 Å². The monoisotopic (exact) mass is 298 g/mol. The van der Waals surface area contributed by atoms with Gasteiger partial charge in [-0.1, -0.05) is 25.4 Å². The summed E-state index contributed by atoms with van der Waals surface area (Å²) >= 11 is 5.79. The Kier molecular flexibility index (Phi) is 5.82. The number of halogens is 1. The van der Waals surface area contributed by atoms with E-state index in [0.29, 0.717) is 17.5 Å². The van der Waals surface area contributed by atoms with E-state index in [9.17, 15) is 14.7 Å². The molecule has 1 aromatic rings. The summed E-state index contributed by atoms with van der Waals surface area (Å²) in [7, 11) is 1.50. The summed E-state index contributed by atoms with van der Waals surface area (Å²) in [5, 5.41) is 12.7. The van der Waals surface area contributed by atoms with Gasteiger partial charge in [0.25, 0.3) is 5.91 Å². The van der Waals surface area contributed by atoms with Crippen molar-refractivity contribution in [1.82, 2.24) is 10.2 Å². The third-order valence-corrected chi connectivity index (χ3v) is 2.86. The van der Waals surface area contributed by atoms with E-state index in [-0.39, 0.29) is 23.8 Å². The summed E-state index contributed by atoms with van der Waals surface area (Å²) in [4.78, 5) is 25.0. The van der Waals surface area contributed by atoms with Gasteiger partial charge in [-0.15, -0.1) is 0 Å². The van der Waals surface area contributed by atoms with Crippen LogP contribution in [0, 0.1) is 5.92 Å². The number of hydrogen-bond acceptors (Lipinski definition) is 3. The van der Waals surface area contributed by atoms with Crippen LogP contribution in [0.25, 0.3) is 0 Å². The van der Waals surface area contributed by atoms with Crippen LogP contribution in [0.4, 0.5) is 0 Å². The lowest BCUT2D eigenvalue weighted by atomic mass is 10.1. The van der Waals surface area contributed by atoms with E-state index in [1.54, 1.807) is 0 Å². The fourth-order valence-electron chi connectivity index (χ4n) is 1.55. The van der Waals surface area contributed by atoms with E-state index in [2.05, 4.69) is 5.32 Å². The zero-order chi connectivity index (χ0) is 15.3. The van der Waals surface area contributed by atoms with Crippen molar-refractivity contribution in [2.45, 2.75) is 13.8 Å². The molecule has 0 aliphatic carbocycles. The molecular weight excluding hydrogens is 280 g/mol. The van der Waals surface area contributed by atoms with Crippen LogP contribution < -0.4 is 5.32 Å². The highest BCUT2D eigenvalue weighted by Crippen LogP contribution is 2.22. The van der Waals surface area contributed by atoms with Gasteiger partial charge >= 0.3 is 0 Å². The first kappa shape index (κ1) is 16.3. The second kappa shape index (κ2) is 7.14. The van der Waals surface area contributed by atoms with Crippen LogP contribution in [-0.2, 0) is 4.79 Å². The van der Waals surface area contributed by atoms with Crippen molar-refractivity contribution in [1.29, 1.82) is 0 Å². The fraction of sp³-hybridized carbons (Fsp3) is 0.429. The SMILES string of the molecule is CC(C)CNC(=O)CN(C)C(=O)c1cc(Cl)ccc1O. The number of phenolic OH excluding ortho intramolecular Hbond substituents is 1. The Morgan fingerprint density at radius 3 is 2.65 bits per heavy atom. The number of aromatic hydroxyl groups is 1. The van der Waals surface area contributed by atoms with Crippen molar-refractivity contribution in [2.24, 2.45) is 5.92 Å². The van der Waals surface area contributed by atoms with Crippen molar-refractivity contribution in [3.63, 3.8) is 0 Å². The number of nitrogens with zero attached hydrogens (tertiary/aromatic N) is 1. The molecule has 0 saturated heterocycles. The fourth-order valence-corrected chi connectivity index (χ4v) is 1.72. The quantitative estimate of drug-likeness (QED) is 0.872. The van der Waals surface area contributed by atoms with Crippen molar-refractivity contribution in [3.8, 4) is 5.75 Å². The van der Waals surface area contributed by atoms with E-state index >= 15 is 0 Å². The minimum Gasteiger partial charge on any atom is -0.507 e. The van der Waals surface area contributed by atoms with Gasteiger partial charge in [-0.25, -0.2) is 0 Å². The highest BCUT2D eigenvalue weighted by molar-refractivity contribution is 6.31. The Morgan fingerprint density at radius 1 is 1.40 bits per heavy atom. The van der Waals surface area contributed by atoms with Crippen LogP contribution in [0.3, 0.4) is 0 Å². The molecule has 0 unspecified atom stereocenters. The normalized spacial score (nSPS) is 10.4. The lowest BCUT2D eigenvalue weighted by molar-refractivity contribution is -0.121. The number of hydrogen-bond donors (Lipinski definition) is 2. The number of carbonyl (C=O) groups excluding carboxylic acids is 2. The lowest BCUT2D eigenvalue weighted by Gasteiger charge is -2.18. The Balaban J connectivity index is 2.67. The van der Waals surface area contributed by atoms with Crippen LogP contribution in [-0.4, -0.2) is 42.0 Å². The van der Waals surface area contributed by atoms with Gasteiger partial charge in [-0.2, -0.15) is 0 Å². The van der Waals surface area contributed by atoms with E-state index in [1.807, 2.05) is 13.8 Å². The van der Waals surface area contributed by atoms with Gasteiger partial charge in [0.15, 0.2) is 0 Å². The molecule has 0 bridgehead atoms. The summed E-state index contributed by atoms with van der Waals surface area (Å²) in [6.07, 6.45) is 0. The smallest absolute Gasteiger partial charge is 0.257 e. The van der Waals surface area contributed by atoms with Gasteiger partial charge in [-0.3, -0.25) is 9.59 Å². The minimum absolute atomic E-state index is 0.0719. The molecule has 1 aromatic carbocycles. The highest BCUT2D eigenvalue weighted by atomic mass is 35.5. The van der Waals surface area contributed by atoms with Crippen LogP contribution in [0.15, 0.2) is 18.2 Å². The zero-order valence-electron chi connectivity index (χ0n) is 11.8. The van der Waals surface area contributed by atoms with Crippen molar-refractivity contribution in [2.75, 3.05) is 20.1 Å². The van der Waals surface area contributed by atoms with Gasteiger partial charge in [0.1, 0.15) is 5.75 Å². The van der Waals surface area contributed by atoms with Crippen molar-refractivity contribution in [3.05, 3.63) is 28.8 Å². The summed E-state index contributed by atoms with van der Waals surface area (Å²) in [5.41, 5.74) is 0.0802. The van der Waals surface area contributed by atoms with Crippen molar-refractivity contribution < 1.29 is 14.7 Å². The standard InChI is InChI=1S/C14H19ClN2O3/c1-9(2)7-16-13(19)8-17(3)14(20)11-6-10(15)4-5-12(11)18/h4-6,9,18H,7-8H2,1-3H3,(H,16,19). The average Bonchev–Trinajstić information content (AvgIpc) is 2.38. The third kappa shape index (κ3) is 4.74. The molecule has 0 aliphatic heterocycles. The van der Waals surface area contributed by atoms with Crippen LogP contribution in [0.2, 0.25) is 5.02 Å². The number of amides is 2. The number of likely N-dealkylation sites (N-methyl/N-ethyl adjacent to an activating group) is 1. The minimum atomic E-state index is -0.454. The zero-order valence-corrected chi connectivity index (χ0v) is 12.6. The number of carbonyl (C=O) groups is 2. The number of nitrogens with one attached hydrogen (secondary N) is 1. The maximum atomic E-state index is 12.1. The largest absolute Gasteiger partial charge is 0.507 e. The van der Waals surface area contributed by atoms with E-state index in [0.717, 1.165) is 0 Å². The van der Waals surface area contributed by atoms with Gasteiger partial charge in [0.05, 0.1) is 12.1 Å².